The van der Waals surface area contributed by atoms with Gasteiger partial charge in [0.15, 0.2) is 5.42 Å². The molecule has 2 rings (SSSR count). The second-order valence-electron chi connectivity index (χ2n) is 4.78. The standard InChI is InChI=1S/C17H19NO/c1-4-17-16(12-18-19-17)10-7-14(3)11-15-8-5-13(2)6-9-15/h4-10,12H,11H2,1-3H3/b14-7+,16-10-,17-4+. The van der Waals surface area contributed by atoms with Gasteiger partial charge in [-0.2, -0.15) is 0 Å². The molecule has 0 saturated carbocycles. The molecule has 2 nitrogen and oxygen atoms in total. The highest BCUT2D eigenvalue weighted by atomic mass is 16.5. The van der Waals surface area contributed by atoms with Crippen LogP contribution < -0.4 is 10.6 Å². The maximum atomic E-state index is 5.11. The number of hydrogen-bond donors (Lipinski definition) is 0. The van der Waals surface area contributed by atoms with Crippen molar-refractivity contribution in [3.63, 3.8) is 0 Å². The first-order valence-corrected chi connectivity index (χ1v) is 6.49. The molecular weight excluding hydrogens is 234 g/mol. The fraction of sp³-hybridized carbons (Fsp3) is 0.235. The zero-order valence-corrected chi connectivity index (χ0v) is 11.7. The average Bonchev–Trinajstić information content (AvgIpc) is 2.86. The van der Waals surface area contributed by atoms with Crippen LogP contribution in [0.3, 0.4) is 0 Å². The molecule has 98 valence electrons. The van der Waals surface area contributed by atoms with Gasteiger partial charge in [-0.15, -0.1) is 0 Å². The van der Waals surface area contributed by atoms with Crippen molar-refractivity contribution in [1.82, 2.24) is 5.16 Å². The Labute approximate surface area is 113 Å². The van der Waals surface area contributed by atoms with Crippen molar-refractivity contribution in [1.29, 1.82) is 0 Å². The third kappa shape index (κ3) is 3.68. The molecule has 19 heavy (non-hydrogen) atoms. The lowest BCUT2D eigenvalue weighted by molar-refractivity contribution is 0.393. The molecule has 0 aliphatic carbocycles. The second kappa shape index (κ2) is 6.19. The zero-order valence-electron chi connectivity index (χ0n) is 11.7. The summed E-state index contributed by atoms with van der Waals surface area (Å²) in [4.78, 5) is 0. The Hall–Kier alpha value is -2.09. The van der Waals surface area contributed by atoms with Crippen molar-refractivity contribution < 1.29 is 4.52 Å². The normalized spacial score (nSPS) is 14.2. The molecule has 0 N–H and O–H groups in total. The molecule has 1 aromatic carbocycles. The van der Waals surface area contributed by atoms with E-state index in [0.29, 0.717) is 0 Å². The van der Waals surface area contributed by atoms with E-state index in [1.54, 1.807) is 6.20 Å². The molecule has 0 aliphatic rings. The summed E-state index contributed by atoms with van der Waals surface area (Å²) in [5.41, 5.74) is 4.76. The van der Waals surface area contributed by atoms with Crippen LogP contribution in [0.2, 0.25) is 0 Å². The van der Waals surface area contributed by atoms with Crippen LogP contribution in [0.15, 0.2) is 46.6 Å². The molecule has 0 saturated heterocycles. The molecular formula is C17H19NO. The van der Waals surface area contributed by atoms with Crippen LogP contribution in [0.5, 0.6) is 0 Å². The molecule has 0 unspecified atom stereocenters. The maximum absolute atomic E-state index is 5.11. The van der Waals surface area contributed by atoms with Crippen molar-refractivity contribution in [3.8, 4) is 0 Å². The highest BCUT2D eigenvalue weighted by Crippen LogP contribution is 2.09. The topological polar surface area (TPSA) is 26.0 Å². The van der Waals surface area contributed by atoms with E-state index in [1.807, 2.05) is 13.0 Å². The molecule has 0 aliphatic heterocycles. The second-order valence-corrected chi connectivity index (χ2v) is 4.78. The van der Waals surface area contributed by atoms with Gasteiger partial charge in [0.25, 0.3) is 0 Å². The summed E-state index contributed by atoms with van der Waals surface area (Å²) < 4.78 is 5.11. The van der Waals surface area contributed by atoms with E-state index in [2.05, 4.69) is 55.4 Å². The lowest BCUT2D eigenvalue weighted by Gasteiger charge is -2.01. The molecule has 0 amide bonds. The first-order valence-electron chi connectivity index (χ1n) is 6.49. The van der Waals surface area contributed by atoms with Crippen LogP contribution in [0.4, 0.5) is 0 Å². The van der Waals surface area contributed by atoms with Crippen LogP contribution in [-0.2, 0) is 6.42 Å². The Kier molecular flexibility index (Phi) is 4.35. The fourth-order valence-electron chi connectivity index (χ4n) is 1.92. The summed E-state index contributed by atoms with van der Waals surface area (Å²) in [7, 11) is 0. The molecule has 2 heteroatoms. The van der Waals surface area contributed by atoms with Gasteiger partial charge in [-0.1, -0.05) is 46.6 Å². The minimum absolute atomic E-state index is 0.819. The highest BCUT2D eigenvalue weighted by Gasteiger charge is 1.94. The predicted molar refractivity (Wildman–Crippen MR) is 79.0 cm³/mol. The molecule has 1 heterocycles. The van der Waals surface area contributed by atoms with Crippen LogP contribution in [0.1, 0.15) is 25.0 Å². The zero-order chi connectivity index (χ0) is 13.7. The van der Waals surface area contributed by atoms with E-state index in [0.717, 1.165) is 17.1 Å². The van der Waals surface area contributed by atoms with E-state index in [9.17, 15) is 0 Å². The van der Waals surface area contributed by atoms with Crippen LogP contribution in [-0.4, -0.2) is 5.16 Å². The number of aryl methyl sites for hydroxylation is 1. The Morgan fingerprint density at radius 3 is 2.68 bits per heavy atom. The van der Waals surface area contributed by atoms with Crippen molar-refractivity contribution in [3.05, 3.63) is 63.9 Å². The van der Waals surface area contributed by atoms with Gasteiger partial charge in [0, 0.05) is 5.22 Å². The largest absolute Gasteiger partial charge is 0.357 e. The highest BCUT2D eigenvalue weighted by molar-refractivity contribution is 5.40. The third-order valence-electron chi connectivity index (χ3n) is 3.04. The minimum Gasteiger partial charge on any atom is -0.357 e. The van der Waals surface area contributed by atoms with E-state index in [1.165, 1.54) is 16.7 Å². The van der Waals surface area contributed by atoms with Crippen molar-refractivity contribution >= 4 is 12.2 Å². The number of allylic oxidation sites excluding steroid dienone is 2. The Balaban J connectivity index is 2.16. The SMILES string of the molecule is C/C=c1/onc/c1=C/C=C(\C)Cc1ccc(C)cc1. The van der Waals surface area contributed by atoms with Gasteiger partial charge in [-0.25, -0.2) is 0 Å². The summed E-state index contributed by atoms with van der Waals surface area (Å²) in [6.45, 7) is 6.19. The smallest absolute Gasteiger partial charge is 0.162 e. The monoisotopic (exact) mass is 253 g/mol. The van der Waals surface area contributed by atoms with Gasteiger partial charge in [0.05, 0.1) is 6.20 Å². The average molecular weight is 253 g/mol. The number of hydrogen-bond acceptors (Lipinski definition) is 2. The van der Waals surface area contributed by atoms with Crippen molar-refractivity contribution in [2.24, 2.45) is 0 Å². The first kappa shape index (κ1) is 13.3. The Morgan fingerprint density at radius 2 is 2.00 bits per heavy atom. The van der Waals surface area contributed by atoms with Gasteiger partial charge in [-0.3, -0.25) is 0 Å². The number of rotatable bonds is 3. The summed E-state index contributed by atoms with van der Waals surface area (Å²) in [6, 6.07) is 8.65. The molecule has 0 atom stereocenters. The van der Waals surface area contributed by atoms with Crippen molar-refractivity contribution in [2.75, 3.05) is 0 Å². The van der Waals surface area contributed by atoms with Crippen LogP contribution in [0, 0.1) is 6.92 Å². The Morgan fingerprint density at radius 1 is 1.26 bits per heavy atom. The van der Waals surface area contributed by atoms with E-state index >= 15 is 0 Å². The molecule has 2 aromatic rings. The maximum Gasteiger partial charge on any atom is 0.162 e. The van der Waals surface area contributed by atoms with E-state index < -0.39 is 0 Å². The lowest BCUT2D eigenvalue weighted by atomic mass is 10.0. The quantitative estimate of drug-likeness (QED) is 0.840. The molecule has 0 fully saturated rings. The van der Waals surface area contributed by atoms with E-state index in [4.69, 9.17) is 4.52 Å². The summed E-state index contributed by atoms with van der Waals surface area (Å²) in [5, 5.41) is 4.82. The first-order chi connectivity index (χ1) is 9.19. The van der Waals surface area contributed by atoms with Gasteiger partial charge < -0.3 is 4.52 Å². The van der Waals surface area contributed by atoms with Crippen LogP contribution in [0.25, 0.3) is 12.2 Å². The lowest BCUT2D eigenvalue weighted by Crippen LogP contribution is -2.17. The van der Waals surface area contributed by atoms with Gasteiger partial charge in [0.1, 0.15) is 0 Å². The number of nitrogens with zero attached hydrogens (tertiary/aromatic N) is 1. The molecule has 0 bridgehead atoms. The summed E-state index contributed by atoms with van der Waals surface area (Å²) in [6.07, 6.45) is 8.80. The number of benzene rings is 1. The van der Waals surface area contributed by atoms with E-state index in [-0.39, 0.29) is 0 Å². The molecule has 1 aromatic heterocycles. The summed E-state index contributed by atoms with van der Waals surface area (Å²) in [5.74, 6) is 0. The van der Waals surface area contributed by atoms with Gasteiger partial charge in [-0.05, 0) is 44.9 Å². The van der Waals surface area contributed by atoms with Gasteiger partial charge >= 0.3 is 0 Å². The molecule has 0 spiro atoms. The Bertz CT molecular complexity index is 675. The van der Waals surface area contributed by atoms with Crippen molar-refractivity contribution in [2.45, 2.75) is 27.2 Å². The van der Waals surface area contributed by atoms with Gasteiger partial charge in [0.2, 0.25) is 0 Å². The number of aromatic nitrogens is 1. The minimum atomic E-state index is 0.819. The van der Waals surface area contributed by atoms with Crippen LogP contribution >= 0.6 is 0 Å². The molecule has 0 radical (unpaired) electrons. The summed E-state index contributed by atoms with van der Waals surface area (Å²) >= 11 is 0. The predicted octanol–water partition coefficient (Wildman–Crippen LogP) is 2.75. The fourth-order valence-corrected chi connectivity index (χ4v) is 1.92. The third-order valence-corrected chi connectivity index (χ3v) is 3.04.